The van der Waals surface area contributed by atoms with E-state index < -0.39 is 50.1 Å². The third kappa shape index (κ3) is 9.73. The molecule has 0 radical (unpaired) electrons. The van der Waals surface area contributed by atoms with Crippen molar-refractivity contribution in [2.45, 2.75) is 103 Å². The lowest BCUT2D eigenvalue weighted by molar-refractivity contribution is -0.137. The van der Waals surface area contributed by atoms with Crippen LogP contribution in [0, 0.1) is 11.5 Å². The number of ketones is 1. The summed E-state index contributed by atoms with van der Waals surface area (Å²) in [4.78, 5) is 41.9. The van der Waals surface area contributed by atoms with Crippen molar-refractivity contribution in [2.75, 3.05) is 7.11 Å². The first kappa shape index (κ1) is 33.5. The van der Waals surface area contributed by atoms with Crippen molar-refractivity contribution >= 4 is 37.6 Å². The van der Waals surface area contributed by atoms with Crippen LogP contribution in [0.25, 0.3) is 0 Å². The SMILES string of the molecule is CCC1CC(N(Cc2cc(Cl)cc(C(F)(F)F)c2)C(=O)OC)CC(CC(=O)C#C[Si](C)(C)C)N1C(=O)OC(C)C. The van der Waals surface area contributed by atoms with Crippen LogP contribution >= 0.6 is 11.6 Å². The highest BCUT2D eigenvalue weighted by Gasteiger charge is 2.43. The molecule has 2 rings (SSSR count). The van der Waals surface area contributed by atoms with Gasteiger partial charge in [-0.3, -0.25) is 4.79 Å². The first-order valence-corrected chi connectivity index (χ1v) is 17.1. The highest BCUT2D eigenvalue weighted by atomic mass is 35.5. The van der Waals surface area contributed by atoms with Gasteiger partial charge in [0.1, 0.15) is 8.07 Å². The van der Waals surface area contributed by atoms with Gasteiger partial charge in [-0.1, -0.05) is 38.2 Å². The second kappa shape index (κ2) is 13.8. The molecule has 0 aliphatic carbocycles. The van der Waals surface area contributed by atoms with Crippen LogP contribution in [0.15, 0.2) is 18.2 Å². The van der Waals surface area contributed by atoms with Gasteiger partial charge < -0.3 is 19.3 Å². The van der Waals surface area contributed by atoms with Gasteiger partial charge >= 0.3 is 18.4 Å². The molecular formula is C28H38ClF3N2O5Si. The molecule has 1 aliphatic rings. The smallest absolute Gasteiger partial charge is 0.416 e. The molecule has 1 aromatic carbocycles. The molecular weight excluding hydrogens is 565 g/mol. The van der Waals surface area contributed by atoms with Gasteiger partial charge in [0, 0.05) is 36.1 Å². The van der Waals surface area contributed by atoms with E-state index in [2.05, 4.69) is 11.5 Å². The summed E-state index contributed by atoms with van der Waals surface area (Å²) in [5.41, 5.74) is 2.29. The minimum Gasteiger partial charge on any atom is -0.453 e. The van der Waals surface area contributed by atoms with Crippen molar-refractivity contribution in [1.82, 2.24) is 9.80 Å². The van der Waals surface area contributed by atoms with Gasteiger partial charge in [0.25, 0.3) is 0 Å². The van der Waals surface area contributed by atoms with Gasteiger partial charge in [0.15, 0.2) is 0 Å². The summed E-state index contributed by atoms with van der Waals surface area (Å²) < 4.78 is 50.8. The Morgan fingerprint density at radius 1 is 1.15 bits per heavy atom. The first-order chi connectivity index (χ1) is 18.4. The number of piperidine rings is 1. The Labute approximate surface area is 240 Å². The maximum atomic E-state index is 13.4. The number of likely N-dealkylation sites (tertiary alicyclic amines) is 1. The van der Waals surface area contributed by atoms with Gasteiger partial charge in [0.2, 0.25) is 5.78 Å². The average molecular weight is 603 g/mol. The highest BCUT2D eigenvalue weighted by Crippen LogP contribution is 2.35. The molecule has 0 saturated carbocycles. The maximum Gasteiger partial charge on any atom is 0.416 e. The van der Waals surface area contributed by atoms with Crippen LogP contribution in [0.2, 0.25) is 24.7 Å². The second-order valence-corrected chi connectivity index (χ2v) is 16.4. The van der Waals surface area contributed by atoms with Crippen LogP contribution in [0.4, 0.5) is 22.8 Å². The summed E-state index contributed by atoms with van der Waals surface area (Å²) in [5.74, 6) is 2.38. The predicted octanol–water partition coefficient (Wildman–Crippen LogP) is 6.92. The number of ether oxygens (including phenoxy) is 2. The van der Waals surface area contributed by atoms with Crippen LogP contribution in [-0.4, -0.2) is 67.2 Å². The van der Waals surface area contributed by atoms with Crippen LogP contribution in [0.1, 0.15) is 57.6 Å². The molecule has 12 heteroatoms. The Hall–Kier alpha value is -2.71. The summed E-state index contributed by atoms with van der Waals surface area (Å²) in [6, 6.07) is 1.55. The fraction of sp³-hybridized carbons (Fsp3) is 0.607. The number of alkyl halides is 3. The summed E-state index contributed by atoms with van der Waals surface area (Å²) >= 11 is 5.98. The van der Waals surface area contributed by atoms with Crippen molar-refractivity contribution in [2.24, 2.45) is 0 Å². The van der Waals surface area contributed by atoms with Crippen molar-refractivity contribution in [3.8, 4) is 11.5 Å². The minimum absolute atomic E-state index is 0.0674. The van der Waals surface area contributed by atoms with Gasteiger partial charge in [-0.05, 0) is 62.8 Å². The third-order valence-electron chi connectivity index (χ3n) is 6.38. The quantitative estimate of drug-likeness (QED) is 0.250. The number of rotatable bonds is 7. The summed E-state index contributed by atoms with van der Waals surface area (Å²) in [7, 11) is -0.643. The molecule has 1 aromatic rings. The molecule has 1 fully saturated rings. The van der Waals surface area contributed by atoms with E-state index in [9.17, 15) is 27.6 Å². The van der Waals surface area contributed by atoms with Crippen LogP contribution in [0.3, 0.4) is 0 Å². The Kier molecular flexibility index (Phi) is 11.5. The molecule has 3 atom stereocenters. The van der Waals surface area contributed by atoms with E-state index in [1.165, 1.54) is 18.1 Å². The first-order valence-electron chi connectivity index (χ1n) is 13.2. The van der Waals surface area contributed by atoms with E-state index in [4.69, 9.17) is 21.1 Å². The Balaban J connectivity index is 2.48. The van der Waals surface area contributed by atoms with E-state index >= 15 is 0 Å². The molecule has 2 amide bonds. The lowest BCUT2D eigenvalue weighted by atomic mass is 9.86. The lowest BCUT2D eigenvalue weighted by Gasteiger charge is -2.47. The number of benzene rings is 1. The number of hydrogen-bond donors (Lipinski definition) is 0. The molecule has 1 aliphatic heterocycles. The van der Waals surface area contributed by atoms with Crippen LogP contribution in [-0.2, 0) is 27.0 Å². The maximum absolute atomic E-state index is 13.4. The molecule has 0 aromatic heterocycles. The number of nitrogens with zero attached hydrogens (tertiary/aromatic N) is 2. The molecule has 0 N–H and O–H groups in total. The number of methoxy groups -OCH3 is 1. The molecule has 1 saturated heterocycles. The van der Waals surface area contributed by atoms with E-state index in [0.29, 0.717) is 12.8 Å². The second-order valence-electron chi connectivity index (χ2n) is 11.3. The molecule has 40 heavy (non-hydrogen) atoms. The summed E-state index contributed by atoms with van der Waals surface area (Å²) in [6.07, 6.45) is -5.37. The Morgan fingerprint density at radius 3 is 2.30 bits per heavy atom. The monoisotopic (exact) mass is 602 g/mol. The fourth-order valence-corrected chi connectivity index (χ4v) is 5.47. The molecule has 222 valence electrons. The molecule has 1 heterocycles. The fourth-order valence-electron chi connectivity index (χ4n) is 4.69. The number of carbonyl (C=O) groups excluding carboxylic acids is 3. The zero-order chi connectivity index (χ0) is 30.4. The van der Waals surface area contributed by atoms with Crippen LogP contribution < -0.4 is 0 Å². The average Bonchev–Trinajstić information content (AvgIpc) is 2.83. The largest absolute Gasteiger partial charge is 0.453 e. The highest BCUT2D eigenvalue weighted by molar-refractivity contribution is 6.84. The zero-order valence-corrected chi connectivity index (χ0v) is 25.8. The van der Waals surface area contributed by atoms with Crippen molar-refractivity contribution in [3.63, 3.8) is 0 Å². The topological polar surface area (TPSA) is 76.2 Å². The van der Waals surface area contributed by atoms with Crippen molar-refractivity contribution in [1.29, 1.82) is 0 Å². The van der Waals surface area contributed by atoms with Crippen molar-refractivity contribution in [3.05, 3.63) is 34.3 Å². The van der Waals surface area contributed by atoms with Gasteiger partial charge in [-0.15, -0.1) is 5.54 Å². The van der Waals surface area contributed by atoms with E-state index in [1.807, 2.05) is 26.6 Å². The van der Waals surface area contributed by atoms with E-state index in [0.717, 1.165) is 12.1 Å². The van der Waals surface area contributed by atoms with Gasteiger partial charge in [-0.25, -0.2) is 9.59 Å². The normalized spacial score (nSPS) is 19.5. The van der Waals surface area contributed by atoms with Crippen LogP contribution in [0.5, 0.6) is 0 Å². The molecule has 0 bridgehead atoms. The minimum atomic E-state index is -4.62. The van der Waals surface area contributed by atoms with Crippen molar-refractivity contribution < 1.29 is 37.0 Å². The Bertz CT molecular complexity index is 1140. The van der Waals surface area contributed by atoms with Gasteiger partial charge in [0.05, 0.1) is 18.8 Å². The number of halogens is 4. The van der Waals surface area contributed by atoms with E-state index in [1.54, 1.807) is 18.7 Å². The standard InChI is InChI=1S/C28H38ClF3N2O5Si/c1-8-22-14-23(33(26(36)38-4)17-19-11-20(28(30,31)32)13-21(29)12-19)15-24(34(22)27(37)39-18(2)3)16-25(35)9-10-40(5,6)7/h11-13,18,22-24H,8,14-17H2,1-7H3. The zero-order valence-electron chi connectivity index (χ0n) is 24.0. The molecule has 3 unspecified atom stereocenters. The third-order valence-corrected chi connectivity index (χ3v) is 7.47. The number of hydrogen-bond acceptors (Lipinski definition) is 5. The molecule has 0 spiro atoms. The number of amides is 2. The predicted molar refractivity (Wildman–Crippen MR) is 149 cm³/mol. The lowest BCUT2D eigenvalue weighted by Crippen LogP contribution is -2.58. The summed E-state index contributed by atoms with van der Waals surface area (Å²) in [6.45, 7) is 11.2. The molecule has 7 nitrogen and oxygen atoms in total. The number of Topliss-reactive ketones (excluding diaryl/α,β-unsaturated/α-hetero) is 1. The Morgan fingerprint density at radius 2 is 1.77 bits per heavy atom. The van der Waals surface area contributed by atoms with E-state index in [-0.39, 0.29) is 41.9 Å². The number of carbonyl (C=O) groups is 3. The summed E-state index contributed by atoms with van der Waals surface area (Å²) in [5, 5.41) is -0.114. The van der Waals surface area contributed by atoms with Gasteiger partial charge in [-0.2, -0.15) is 13.2 Å².